The minimum atomic E-state index is -0.219. The van der Waals surface area contributed by atoms with Gasteiger partial charge in [-0.15, -0.1) is 12.5 Å². The Labute approximate surface area is 183 Å². The largest absolute Gasteiger partial charge is 2.00 e. The van der Waals surface area contributed by atoms with E-state index < -0.39 is 0 Å². The Balaban J connectivity index is 0.00000136. The van der Waals surface area contributed by atoms with E-state index in [0.29, 0.717) is 0 Å². The first kappa shape index (κ1) is 20.5. The minimum absolute atomic E-state index is 0. The van der Waals surface area contributed by atoms with Crippen molar-refractivity contribution in [2.45, 2.75) is 46.0 Å². The Morgan fingerprint density at radius 2 is 1.80 bits per heavy atom. The summed E-state index contributed by atoms with van der Waals surface area (Å²) in [6.07, 6.45) is 6.86. The molecule has 0 amide bonds. The van der Waals surface area contributed by atoms with Crippen LogP contribution in [0.15, 0.2) is 54.9 Å². The Morgan fingerprint density at radius 3 is 2.60 bits per heavy atom. The fourth-order valence-corrected chi connectivity index (χ4v) is 4.83. The molecule has 148 valence electrons. The van der Waals surface area contributed by atoms with Crippen molar-refractivity contribution in [2.24, 2.45) is 0 Å². The van der Waals surface area contributed by atoms with E-state index in [1.54, 1.807) is 0 Å². The SMILES string of the molecule is CCC[C-](C)Oc1cc2ccccc2c2c1-c1ncc3cccnc3c1C2(C)C.[Be+2].[H-]. The molecule has 0 unspecified atom stereocenters. The Kier molecular flexibility index (Phi) is 5.11. The molecule has 0 aliphatic heterocycles. The van der Waals surface area contributed by atoms with Crippen LogP contribution in [0.1, 0.15) is 53.1 Å². The smallest absolute Gasteiger partial charge is 1.00 e. The van der Waals surface area contributed by atoms with E-state index in [1.807, 2.05) is 18.5 Å². The summed E-state index contributed by atoms with van der Waals surface area (Å²) in [5, 5.41) is 3.53. The zero-order valence-electron chi connectivity index (χ0n) is 19.1. The summed E-state index contributed by atoms with van der Waals surface area (Å²) in [5.41, 5.74) is 5.41. The van der Waals surface area contributed by atoms with E-state index in [0.717, 1.165) is 46.9 Å². The number of aromatic nitrogens is 2. The Morgan fingerprint density at radius 1 is 1.03 bits per heavy atom. The van der Waals surface area contributed by atoms with Gasteiger partial charge in [-0.2, -0.15) is 6.92 Å². The van der Waals surface area contributed by atoms with Crippen molar-refractivity contribution < 1.29 is 6.16 Å². The predicted octanol–water partition coefficient (Wildman–Crippen LogP) is 6.55. The van der Waals surface area contributed by atoms with Crippen molar-refractivity contribution in [2.75, 3.05) is 0 Å². The molecule has 2 aromatic carbocycles. The molecule has 4 aromatic rings. The second kappa shape index (κ2) is 7.48. The van der Waals surface area contributed by atoms with E-state index >= 15 is 0 Å². The second-order valence-corrected chi connectivity index (χ2v) is 8.45. The van der Waals surface area contributed by atoms with Crippen LogP contribution in [0.3, 0.4) is 0 Å². The zero-order valence-corrected chi connectivity index (χ0v) is 18.1. The Hall–Kier alpha value is -2.77. The summed E-state index contributed by atoms with van der Waals surface area (Å²) in [4.78, 5) is 9.66. The molecule has 2 aromatic heterocycles. The number of fused-ring (bicyclic) bond motifs is 7. The van der Waals surface area contributed by atoms with Crippen LogP contribution in [0.5, 0.6) is 5.75 Å². The van der Waals surface area contributed by atoms with Crippen LogP contribution in [-0.2, 0) is 5.41 Å². The molecule has 5 rings (SSSR count). The summed E-state index contributed by atoms with van der Waals surface area (Å²) in [5.74, 6) is 0.902. The van der Waals surface area contributed by atoms with Crippen molar-refractivity contribution in [1.29, 1.82) is 0 Å². The first-order valence-electron chi connectivity index (χ1n) is 10.3. The molecule has 0 saturated heterocycles. The van der Waals surface area contributed by atoms with Gasteiger partial charge >= 0.3 is 10.1 Å². The standard InChI is InChI=1S/C26H25N2O.Be.H/c1-5-9-16(2)29-20-14-17-10-6-7-12-19(17)22-21(20)25-23(26(22,3)4)24-18(15-28-25)11-8-13-27-24;;/h6-8,10-15H,5,9H2,1-4H3;;/q-1;+2;-1. The zero-order chi connectivity index (χ0) is 20.2. The fraction of sp³-hybridized carbons (Fsp3) is 0.269. The van der Waals surface area contributed by atoms with Crippen LogP contribution < -0.4 is 4.74 Å². The summed E-state index contributed by atoms with van der Waals surface area (Å²) in [7, 11) is 0. The maximum atomic E-state index is 6.42. The van der Waals surface area contributed by atoms with Crippen LogP contribution in [-0.4, -0.2) is 20.1 Å². The van der Waals surface area contributed by atoms with Gasteiger partial charge in [0, 0.05) is 34.3 Å². The van der Waals surface area contributed by atoms with Gasteiger partial charge in [0.2, 0.25) is 0 Å². The topological polar surface area (TPSA) is 35.0 Å². The molecule has 2 heterocycles. The third-order valence-electron chi connectivity index (χ3n) is 6.03. The predicted molar refractivity (Wildman–Crippen MR) is 126 cm³/mol. The number of hydrogen-bond acceptors (Lipinski definition) is 3. The average molecular weight is 392 g/mol. The normalized spacial score (nSPS) is 13.9. The van der Waals surface area contributed by atoms with Gasteiger partial charge in [-0.25, -0.2) is 0 Å². The van der Waals surface area contributed by atoms with Crippen molar-refractivity contribution in [3.8, 4) is 17.0 Å². The van der Waals surface area contributed by atoms with E-state index in [4.69, 9.17) is 14.7 Å². The minimum Gasteiger partial charge on any atom is -1.00 e. The summed E-state index contributed by atoms with van der Waals surface area (Å²) in [6, 6.07) is 14.8. The van der Waals surface area contributed by atoms with Crippen molar-refractivity contribution in [1.82, 2.24) is 9.97 Å². The summed E-state index contributed by atoms with van der Waals surface area (Å²) >= 11 is 0. The number of benzene rings is 2. The van der Waals surface area contributed by atoms with Gasteiger partial charge in [0.25, 0.3) is 0 Å². The van der Waals surface area contributed by atoms with Crippen LogP contribution in [0, 0.1) is 6.10 Å². The molecule has 4 heteroatoms. The molecule has 0 fully saturated rings. The van der Waals surface area contributed by atoms with Crippen molar-refractivity contribution in [3.05, 3.63) is 72.1 Å². The van der Waals surface area contributed by atoms with Crippen LogP contribution in [0.2, 0.25) is 0 Å². The van der Waals surface area contributed by atoms with Gasteiger partial charge in [0.15, 0.2) is 0 Å². The molecule has 30 heavy (non-hydrogen) atoms. The number of hydrogen-bond donors (Lipinski definition) is 0. The number of ether oxygens (including phenoxy) is 1. The average Bonchev–Trinajstić information content (AvgIpc) is 2.96. The number of pyridine rings is 2. The Bertz CT molecular complexity index is 1260. The second-order valence-electron chi connectivity index (χ2n) is 8.45. The summed E-state index contributed by atoms with van der Waals surface area (Å²) in [6.45, 7) is 8.81. The van der Waals surface area contributed by atoms with Gasteiger partial charge in [-0.05, 0) is 34.5 Å². The molecule has 0 bridgehead atoms. The van der Waals surface area contributed by atoms with Crippen LogP contribution in [0.25, 0.3) is 32.9 Å². The van der Waals surface area contributed by atoms with E-state index in [2.05, 4.69) is 64.1 Å². The molecule has 1 aliphatic carbocycles. The maximum Gasteiger partial charge on any atom is 2.00 e. The summed E-state index contributed by atoms with van der Waals surface area (Å²) < 4.78 is 6.42. The quantitative estimate of drug-likeness (QED) is 0.292. The molecule has 0 radical (unpaired) electrons. The van der Waals surface area contributed by atoms with E-state index in [9.17, 15) is 0 Å². The number of rotatable bonds is 4. The van der Waals surface area contributed by atoms with E-state index in [-0.39, 0.29) is 17.0 Å². The van der Waals surface area contributed by atoms with Gasteiger partial charge in [-0.3, -0.25) is 9.97 Å². The third kappa shape index (κ3) is 2.92. The fourth-order valence-electron chi connectivity index (χ4n) is 4.83. The molecular weight excluding hydrogens is 365 g/mol. The molecule has 0 N–H and O–H groups in total. The monoisotopic (exact) mass is 391 g/mol. The van der Waals surface area contributed by atoms with E-state index in [1.165, 1.54) is 21.9 Å². The van der Waals surface area contributed by atoms with Gasteiger partial charge in [0.05, 0.1) is 17.0 Å². The van der Waals surface area contributed by atoms with Crippen molar-refractivity contribution >= 4 is 31.8 Å². The molecule has 3 nitrogen and oxygen atoms in total. The maximum absolute atomic E-state index is 6.42. The molecule has 1 aliphatic rings. The first-order chi connectivity index (χ1) is 14.0. The van der Waals surface area contributed by atoms with Crippen molar-refractivity contribution in [3.63, 3.8) is 0 Å². The molecule has 0 saturated carbocycles. The van der Waals surface area contributed by atoms with Crippen LogP contribution >= 0.6 is 0 Å². The first-order valence-corrected chi connectivity index (χ1v) is 10.3. The van der Waals surface area contributed by atoms with Crippen LogP contribution in [0.4, 0.5) is 0 Å². The molecule has 0 spiro atoms. The molecular formula is C26H26BeN2O. The molecule has 0 atom stereocenters. The van der Waals surface area contributed by atoms with Gasteiger partial charge in [-0.1, -0.05) is 51.5 Å². The van der Waals surface area contributed by atoms with Gasteiger partial charge < -0.3 is 6.16 Å². The third-order valence-corrected chi connectivity index (χ3v) is 6.03. The number of nitrogens with zero attached hydrogens (tertiary/aromatic N) is 2. The van der Waals surface area contributed by atoms with Gasteiger partial charge in [0.1, 0.15) is 0 Å².